The molecule has 6 heteroatoms. The van der Waals surface area contributed by atoms with Gasteiger partial charge in [0.2, 0.25) is 0 Å². The van der Waals surface area contributed by atoms with Crippen molar-refractivity contribution in [3.63, 3.8) is 0 Å². The van der Waals surface area contributed by atoms with E-state index >= 15 is 0 Å². The molecule has 19 heavy (non-hydrogen) atoms. The molecule has 108 valence electrons. The first kappa shape index (κ1) is 16.3. The topological polar surface area (TPSA) is 16.1 Å². The largest absolute Gasteiger partial charge is 0.419 e. The van der Waals surface area contributed by atoms with E-state index in [1.54, 1.807) is 4.90 Å². The number of rotatable bonds is 6. The number of nitrogens with zero attached hydrogens (tertiary/aromatic N) is 2. The van der Waals surface area contributed by atoms with E-state index in [2.05, 4.69) is 20.9 Å². The molecule has 1 aromatic rings. The van der Waals surface area contributed by atoms with Crippen LogP contribution >= 0.6 is 15.9 Å². The molecular weight excluding hydrogens is 321 g/mol. The molecule has 0 fully saturated rings. The second kappa shape index (κ2) is 7.12. The van der Waals surface area contributed by atoms with Gasteiger partial charge in [-0.25, -0.2) is 4.98 Å². The molecule has 0 aliphatic carbocycles. The van der Waals surface area contributed by atoms with Crippen molar-refractivity contribution in [2.24, 2.45) is 0 Å². The maximum Gasteiger partial charge on any atom is 0.419 e. The first-order valence-corrected chi connectivity index (χ1v) is 7.42. The van der Waals surface area contributed by atoms with E-state index in [0.29, 0.717) is 11.9 Å². The van der Waals surface area contributed by atoms with Crippen LogP contribution in [0.25, 0.3) is 0 Å². The summed E-state index contributed by atoms with van der Waals surface area (Å²) < 4.78 is 39.1. The molecule has 0 N–H and O–H groups in total. The SMILES string of the molecule is CCC(CC)N(CCBr)c1ncccc1C(F)(F)F. The van der Waals surface area contributed by atoms with Crippen molar-refractivity contribution in [2.45, 2.75) is 38.9 Å². The standard InChI is InChI=1S/C13H18BrF3N2/c1-3-10(4-2)19(9-7-14)12-11(13(15,16)17)6-5-8-18-12/h5-6,8,10H,3-4,7,9H2,1-2H3. The van der Waals surface area contributed by atoms with E-state index in [-0.39, 0.29) is 11.9 Å². The highest BCUT2D eigenvalue weighted by Gasteiger charge is 2.36. The number of alkyl halides is 4. The minimum Gasteiger partial charge on any atom is -0.352 e. The zero-order valence-corrected chi connectivity index (χ0v) is 12.6. The van der Waals surface area contributed by atoms with Crippen LogP contribution in [0, 0.1) is 0 Å². The van der Waals surface area contributed by atoms with Crippen LogP contribution in [0.1, 0.15) is 32.3 Å². The highest BCUT2D eigenvalue weighted by Crippen LogP contribution is 2.36. The fraction of sp³-hybridized carbons (Fsp3) is 0.615. The summed E-state index contributed by atoms with van der Waals surface area (Å²) in [4.78, 5) is 5.71. The number of anilines is 1. The average Bonchev–Trinajstić information content (AvgIpc) is 2.38. The lowest BCUT2D eigenvalue weighted by atomic mass is 10.1. The van der Waals surface area contributed by atoms with Gasteiger partial charge >= 0.3 is 6.18 Å². The normalized spacial score (nSPS) is 11.9. The highest BCUT2D eigenvalue weighted by molar-refractivity contribution is 9.09. The van der Waals surface area contributed by atoms with Crippen LogP contribution in [-0.4, -0.2) is 22.9 Å². The van der Waals surface area contributed by atoms with Gasteiger partial charge in [-0.05, 0) is 25.0 Å². The molecule has 0 aliphatic heterocycles. The summed E-state index contributed by atoms with van der Waals surface area (Å²) >= 11 is 3.30. The van der Waals surface area contributed by atoms with Crippen molar-refractivity contribution >= 4 is 21.7 Å². The summed E-state index contributed by atoms with van der Waals surface area (Å²) in [5.41, 5.74) is -0.664. The molecule has 0 aliphatic rings. The molecule has 0 saturated heterocycles. The molecule has 0 atom stereocenters. The molecule has 1 rings (SSSR count). The monoisotopic (exact) mass is 338 g/mol. The van der Waals surface area contributed by atoms with Gasteiger partial charge in [-0.15, -0.1) is 0 Å². The Balaban J connectivity index is 3.22. The molecule has 1 aromatic heterocycles. The van der Waals surface area contributed by atoms with E-state index in [9.17, 15) is 13.2 Å². The smallest absolute Gasteiger partial charge is 0.352 e. The second-order valence-electron chi connectivity index (χ2n) is 4.23. The molecule has 0 radical (unpaired) electrons. The first-order chi connectivity index (χ1) is 8.95. The van der Waals surface area contributed by atoms with E-state index in [0.717, 1.165) is 18.9 Å². The van der Waals surface area contributed by atoms with Crippen LogP contribution in [0.5, 0.6) is 0 Å². The fourth-order valence-corrected chi connectivity index (χ4v) is 2.51. The Morgan fingerprint density at radius 1 is 1.32 bits per heavy atom. The third-order valence-electron chi connectivity index (χ3n) is 3.07. The van der Waals surface area contributed by atoms with Crippen LogP contribution < -0.4 is 4.90 Å². The van der Waals surface area contributed by atoms with E-state index in [1.807, 2.05) is 13.8 Å². The summed E-state index contributed by atoms with van der Waals surface area (Å²) in [5.74, 6) is 0.0307. The van der Waals surface area contributed by atoms with Gasteiger partial charge in [0.25, 0.3) is 0 Å². The maximum absolute atomic E-state index is 13.0. The van der Waals surface area contributed by atoms with E-state index in [1.165, 1.54) is 12.3 Å². The van der Waals surface area contributed by atoms with Crippen molar-refractivity contribution in [3.8, 4) is 0 Å². The maximum atomic E-state index is 13.0. The number of aromatic nitrogens is 1. The molecule has 0 amide bonds. The highest BCUT2D eigenvalue weighted by atomic mass is 79.9. The molecule has 2 nitrogen and oxygen atoms in total. The number of halogens is 4. The molecule has 0 aromatic carbocycles. The minimum absolute atomic E-state index is 0.0307. The van der Waals surface area contributed by atoms with Gasteiger partial charge in [0.1, 0.15) is 5.82 Å². The van der Waals surface area contributed by atoms with Crippen molar-refractivity contribution in [2.75, 3.05) is 16.8 Å². The molecule has 1 heterocycles. The zero-order chi connectivity index (χ0) is 14.5. The van der Waals surface area contributed by atoms with Crippen LogP contribution in [0.15, 0.2) is 18.3 Å². The Morgan fingerprint density at radius 3 is 2.42 bits per heavy atom. The van der Waals surface area contributed by atoms with Crippen molar-refractivity contribution < 1.29 is 13.2 Å². The van der Waals surface area contributed by atoms with Crippen LogP contribution in [0.3, 0.4) is 0 Å². The fourth-order valence-electron chi connectivity index (χ4n) is 2.13. The quantitative estimate of drug-likeness (QED) is 0.710. The Kier molecular flexibility index (Phi) is 6.10. The Morgan fingerprint density at radius 2 is 1.95 bits per heavy atom. The van der Waals surface area contributed by atoms with Gasteiger partial charge in [0.05, 0.1) is 5.56 Å². The van der Waals surface area contributed by atoms with Crippen LogP contribution in [0.2, 0.25) is 0 Å². The number of pyridine rings is 1. The second-order valence-corrected chi connectivity index (χ2v) is 5.02. The summed E-state index contributed by atoms with van der Waals surface area (Å²) in [7, 11) is 0. The van der Waals surface area contributed by atoms with Crippen molar-refractivity contribution in [1.29, 1.82) is 0 Å². The predicted molar refractivity (Wildman–Crippen MR) is 74.7 cm³/mol. The summed E-state index contributed by atoms with van der Waals surface area (Å²) in [6.07, 6.45) is -1.39. The van der Waals surface area contributed by atoms with Gasteiger partial charge < -0.3 is 4.90 Å². The third kappa shape index (κ3) is 4.09. The minimum atomic E-state index is -4.37. The lowest BCUT2D eigenvalue weighted by Crippen LogP contribution is -2.38. The van der Waals surface area contributed by atoms with Gasteiger partial charge in [-0.3, -0.25) is 0 Å². The van der Waals surface area contributed by atoms with E-state index < -0.39 is 11.7 Å². The first-order valence-electron chi connectivity index (χ1n) is 6.30. The molecule has 0 saturated carbocycles. The molecule has 0 unspecified atom stereocenters. The Bertz CT molecular complexity index is 392. The molecular formula is C13H18BrF3N2. The van der Waals surface area contributed by atoms with Crippen molar-refractivity contribution in [1.82, 2.24) is 4.98 Å². The van der Waals surface area contributed by atoms with Crippen LogP contribution in [0.4, 0.5) is 19.0 Å². The number of hydrogen-bond donors (Lipinski definition) is 0. The van der Waals surface area contributed by atoms with Gasteiger partial charge in [0, 0.05) is 24.1 Å². The summed E-state index contributed by atoms with van der Waals surface area (Å²) in [6, 6.07) is 2.48. The van der Waals surface area contributed by atoms with E-state index in [4.69, 9.17) is 0 Å². The summed E-state index contributed by atoms with van der Waals surface area (Å²) in [5, 5.41) is 0.609. The third-order valence-corrected chi connectivity index (χ3v) is 3.43. The number of hydrogen-bond acceptors (Lipinski definition) is 2. The summed E-state index contributed by atoms with van der Waals surface area (Å²) in [6.45, 7) is 4.46. The van der Waals surface area contributed by atoms with Gasteiger partial charge in [-0.2, -0.15) is 13.2 Å². The Hall–Kier alpha value is -0.780. The van der Waals surface area contributed by atoms with Gasteiger partial charge in [0.15, 0.2) is 0 Å². The van der Waals surface area contributed by atoms with Crippen LogP contribution in [-0.2, 0) is 6.18 Å². The lowest BCUT2D eigenvalue weighted by Gasteiger charge is -2.32. The molecule has 0 bridgehead atoms. The lowest BCUT2D eigenvalue weighted by molar-refractivity contribution is -0.137. The van der Waals surface area contributed by atoms with Crippen molar-refractivity contribution in [3.05, 3.63) is 23.9 Å². The Labute approximate surface area is 120 Å². The average molecular weight is 339 g/mol. The van der Waals surface area contributed by atoms with Gasteiger partial charge in [-0.1, -0.05) is 29.8 Å². The predicted octanol–water partition coefficient (Wildman–Crippen LogP) is 4.49. The molecule has 0 spiro atoms. The zero-order valence-electron chi connectivity index (χ0n) is 11.0.